The highest BCUT2D eigenvalue weighted by molar-refractivity contribution is 5.78. The summed E-state index contributed by atoms with van der Waals surface area (Å²) in [4.78, 5) is 2.27. The maximum atomic E-state index is 5.96. The van der Waals surface area contributed by atoms with Gasteiger partial charge in [0.1, 0.15) is 5.75 Å². The molecule has 0 aliphatic carbocycles. The number of anilines is 3. The maximum absolute atomic E-state index is 5.96. The summed E-state index contributed by atoms with van der Waals surface area (Å²) in [6.07, 6.45) is 8.51. The topological polar surface area (TPSA) is 12.5 Å². The van der Waals surface area contributed by atoms with Crippen LogP contribution in [0.5, 0.6) is 5.75 Å². The van der Waals surface area contributed by atoms with E-state index in [9.17, 15) is 0 Å². The standard InChI is InChI=1S/C25H23NO/c1-20-23-16-10-2-3-11-19-27-25(20)18-17-24(23)26(21-12-6-4-7-13-21)22-14-8-5-9-15-22/h2,4-10,12-18H,1,3,11,19H2/b10-2-,23-16+. The molecule has 0 radical (unpaired) electrons. The van der Waals surface area contributed by atoms with Gasteiger partial charge >= 0.3 is 0 Å². The molecule has 134 valence electrons. The Hall–Kier alpha value is -3.26. The normalized spacial score (nSPS) is 15.8. The van der Waals surface area contributed by atoms with Gasteiger partial charge in [0.25, 0.3) is 0 Å². The molecule has 2 bridgehead atoms. The van der Waals surface area contributed by atoms with Crippen molar-refractivity contribution in [1.82, 2.24) is 0 Å². The van der Waals surface area contributed by atoms with E-state index in [2.05, 4.69) is 84.3 Å². The average Bonchev–Trinajstić information content (AvgIpc) is 2.71. The highest BCUT2D eigenvalue weighted by Gasteiger charge is 2.14. The Morgan fingerprint density at radius 2 is 1.48 bits per heavy atom. The van der Waals surface area contributed by atoms with Crippen LogP contribution < -0.4 is 20.1 Å². The zero-order chi connectivity index (χ0) is 18.5. The second-order valence-electron chi connectivity index (χ2n) is 6.57. The van der Waals surface area contributed by atoms with Crippen molar-refractivity contribution in [2.75, 3.05) is 11.5 Å². The van der Waals surface area contributed by atoms with Crippen molar-refractivity contribution in [3.63, 3.8) is 0 Å². The van der Waals surface area contributed by atoms with Gasteiger partial charge in [-0.15, -0.1) is 0 Å². The number of ether oxygens (including phenoxy) is 1. The zero-order valence-corrected chi connectivity index (χ0v) is 15.3. The molecule has 1 aliphatic heterocycles. The number of nitrogens with zero attached hydrogens (tertiary/aromatic N) is 1. The molecule has 27 heavy (non-hydrogen) atoms. The molecule has 0 atom stereocenters. The molecule has 0 aromatic heterocycles. The highest BCUT2D eigenvalue weighted by Crippen LogP contribution is 2.32. The first kappa shape index (κ1) is 17.2. The number of rotatable bonds is 3. The van der Waals surface area contributed by atoms with Crippen LogP contribution >= 0.6 is 0 Å². The number of para-hydroxylation sites is 2. The average molecular weight is 353 g/mol. The van der Waals surface area contributed by atoms with E-state index in [4.69, 9.17) is 4.74 Å². The SMILES string of the molecule is C=c1c2ccc(N(c3ccccc3)c3ccccc3)/c1=C/C=C\CCCO2. The van der Waals surface area contributed by atoms with Crippen LogP contribution in [0.15, 0.2) is 84.9 Å². The van der Waals surface area contributed by atoms with E-state index in [1.165, 1.54) is 0 Å². The summed E-state index contributed by atoms with van der Waals surface area (Å²) in [5.74, 6) is 0.862. The highest BCUT2D eigenvalue weighted by atomic mass is 16.5. The van der Waals surface area contributed by atoms with Gasteiger partial charge in [-0.2, -0.15) is 0 Å². The summed E-state index contributed by atoms with van der Waals surface area (Å²) in [5.41, 5.74) is 3.32. The largest absolute Gasteiger partial charge is 0.493 e. The van der Waals surface area contributed by atoms with Gasteiger partial charge in [-0.1, -0.05) is 61.2 Å². The van der Waals surface area contributed by atoms with Crippen molar-refractivity contribution in [2.24, 2.45) is 0 Å². The van der Waals surface area contributed by atoms with Crippen LogP contribution in [0.25, 0.3) is 12.7 Å². The van der Waals surface area contributed by atoms with Crippen molar-refractivity contribution in [3.8, 4) is 5.75 Å². The van der Waals surface area contributed by atoms with Gasteiger partial charge in [-0.05, 0) is 49.2 Å². The fourth-order valence-corrected chi connectivity index (χ4v) is 3.37. The lowest BCUT2D eigenvalue weighted by Gasteiger charge is -2.26. The number of benzene rings is 3. The molecule has 3 aromatic carbocycles. The molecule has 3 aromatic rings. The predicted molar refractivity (Wildman–Crippen MR) is 114 cm³/mol. The van der Waals surface area contributed by atoms with E-state index in [0.717, 1.165) is 46.1 Å². The van der Waals surface area contributed by atoms with Crippen molar-refractivity contribution in [3.05, 3.63) is 95.4 Å². The third kappa shape index (κ3) is 3.65. The molecule has 0 unspecified atom stereocenters. The van der Waals surface area contributed by atoms with Crippen LogP contribution in [0.1, 0.15) is 12.8 Å². The molecular formula is C25H23NO. The first-order valence-corrected chi connectivity index (χ1v) is 9.36. The van der Waals surface area contributed by atoms with Crippen molar-refractivity contribution < 1.29 is 4.74 Å². The van der Waals surface area contributed by atoms with E-state index in [1.807, 2.05) is 18.2 Å². The zero-order valence-electron chi connectivity index (χ0n) is 15.3. The van der Waals surface area contributed by atoms with Gasteiger partial charge in [0.05, 0.1) is 12.3 Å². The minimum absolute atomic E-state index is 0.715. The minimum Gasteiger partial charge on any atom is -0.493 e. The number of allylic oxidation sites excluding steroid dienone is 2. The summed E-state index contributed by atoms with van der Waals surface area (Å²) in [5, 5.41) is 2.01. The maximum Gasteiger partial charge on any atom is 0.126 e. The lowest BCUT2D eigenvalue weighted by atomic mass is 10.1. The van der Waals surface area contributed by atoms with Crippen LogP contribution in [0, 0.1) is 0 Å². The van der Waals surface area contributed by atoms with Crippen molar-refractivity contribution in [2.45, 2.75) is 12.8 Å². The first-order chi connectivity index (χ1) is 13.3. The van der Waals surface area contributed by atoms with E-state index in [1.54, 1.807) is 0 Å². The Bertz CT molecular complexity index is 999. The lowest BCUT2D eigenvalue weighted by molar-refractivity contribution is 0.309. The fourth-order valence-electron chi connectivity index (χ4n) is 3.37. The van der Waals surface area contributed by atoms with Gasteiger partial charge in [0.2, 0.25) is 0 Å². The number of fused-ring (bicyclic) bond motifs is 2. The van der Waals surface area contributed by atoms with Crippen LogP contribution in [-0.4, -0.2) is 6.61 Å². The van der Waals surface area contributed by atoms with Crippen LogP contribution in [0.4, 0.5) is 17.1 Å². The Kier molecular flexibility index (Phi) is 5.06. The second kappa shape index (κ2) is 7.96. The molecule has 4 rings (SSSR count). The number of hydrogen-bond donors (Lipinski definition) is 0. The molecule has 1 heterocycles. The Morgan fingerprint density at radius 1 is 0.815 bits per heavy atom. The monoisotopic (exact) mass is 353 g/mol. The summed E-state index contributed by atoms with van der Waals surface area (Å²) in [6.45, 7) is 5.04. The molecule has 0 saturated heterocycles. The third-order valence-corrected chi connectivity index (χ3v) is 4.73. The molecule has 2 nitrogen and oxygen atoms in total. The van der Waals surface area contributed by atoms with E-state index < -0.39 is 0 Å². The molecule has 2 heteroatoms. The predicted octanol–water partition coefficient (Wildman–Crippen LogP) is 5.08. The summed E-state index contributed by atoms with van der Waals surface area (Å²) < 4.78 is 5.96. The molecule has 0 spiro atoms. The Balaban J connectivity index is 1.97. The minimum atomic E-state index is 0.715. The van der Waals surface area contributed by atoms with Gasteiger partial charge < -0.3 is 9.64 Å². The third-order valence-electron chi connectivity index (χ3n) is 4.73. The molecule has 0 amide bonds. The second-order valence-corrected chi connectivity index (χ2v) is 6.57. The van der Waals surface area contributed by atoms with E-state index >= 15 is 0 Å². The molecular weight excluding hydrogens is 330 g/mol. The number of hydrogen-bond acceptors (Lipinski definition) is 2. The van der Waals surface area contributed by atoms with Crippen LogP contribution in [-0.2, 0) is 0 Å². The fraction of sp³-hybridized carbons (Fsp3) is 0.120. The summed E-state index contributed by atoms with van der Waals surface area (Å²) in [7, 11) is 0. The van der Waals surface area contributed by atoms with Crippen LogP contribution in [0.3, 0.4) is 0 Å². The summed E-state index contributed by atoms with van der Waals surface area (Å²) in [6, 6.07) is 25.0. The van der Waals surface area contributed by atoms with E-state index in [0.29, 0.717) is 6.61 Å². The lowest BCUT2D eigenvalue weighted by Crippen LogP contribution is -2.31. The van der Waals surface area contributed by atoms with Crippen LogP contribution in [0.2, 0.25) is 0 Å². The van der Waals surface area contributed by atoms with Gasteiger partial charge in [0.15, 0.2) is 0 Å². The van der Waals surface area contributed by atoms with Gasteiger partial charge in [-0.3, -0.25) is 0 Å². The first-order valence-electron chi connectivity index (χ1n) is 9.36. The van der Waals surface area contributed by atoms with Gasteiger partial charge in [0, 0.05) is 21.8 Å². The quantitative estimate of drug-likeness (QED) is 0.651. The summed E-state index contributed by atoms with van der Waals surface area (Å²) >= 11 is 0. The smallest absolute Gasteiger partial charge is 0.126 e. The Morgan fingerprint density at radius 3 is 2.15 bits per heavy atom. The molecule has 0 saturated carbocycles. The van der Waals surface area contributed by atoms with Crippen molar-refractivity contribution >= 4 is 29.7 Å². The van der Waals surface area contributed by atoms with Gasteiger partial charge in [-0.25, -0.2) is 0 Å². The molecule has 0 N–H and O–H groups in total. The van der Waals surface area contributed by atoms with Crippen molar-refractivity contribution in [1.29, 1.82) is 0 Å². The molecule has 0 fully saturated rings. The molecule has 1 aliphatic rings. The Labute approximate surface area is 160 Å². The van der Waals surface area contributed by atoms with E-state index in [-0.39, 0.29) is 0 Å².